The van der Waals surface area contributed by atoms with Crippen molar-refractivity contribution in [3.05, 3.63) is 33.9 Å². The van der Waals surface area contributed by atoms with Crippen molar-refractivity contribution in [1.82, 2.24) is 0 Å². The number of nitrogens with zero attached hydrogens (tertiary/aromatic N) is 1. The molecule has 1 unspecified atom stereocenters. The van der Waals surface area contributed by atoms with Crippen LogP contribution in [-0.2, 0) is 4.74 Å². The number of benzene rings is 1. The van der Waals surface area contributed by atoms with Crippen LogP contribution in [0, 0.1) is 23.0 Å². The van der Waals surface area contributed by atoms with Gasteiger partial charge in [-0.05, 0) is 37.3 Å². The zero-order valence-corrected chi connectivity index (χ0v) is 10.7. The van der Waals surface area contributed by atoms with Crippen molar-refractivity contribution in [1.29, 1.82) is 0 Å². The molecular weight excluding hydrogens is 232 g/mol. The van der Waals surface area contributed by atoms with E-state index in [4.69, 9.17) is 4.74 Å². The Hall–Kier alpha value is -1.62. The molecule has 0 aromatic heterocycles. The molecule has 1 atom stereocenters. The molecule has 1 saturated carbocycles. The third-order valence-electron chi connectivity index (χ3n) is 3.23. The third kappa shape index (κ3) is 2.98. The molecule has 1 aromatic carbocycles. The van der Waals surface area contributed by atoms with E-state index < -0.39 is 0 Å². The van der Waals surface area contributed by atoms with Crippen LogP contribution in [0.25, 0.3) is 0 Å². The molecule has 0 saturated heterocycles. The van der Waals surface area contributed by atoms with Gasteiger partial charge in [0.2, 0.25) is 0 Å². The fraction of sp³-hybridized carbons (Fsp3) is 0.538. The summed E-state index contributed by atoms with van der Waals surface area (Å²) in [5.74, 6) is 0.575. The SMILES string of the molecule is COCC(Nc1ccc(C)cc1[N+](=O)[O-])C1CC1. The number of nitro groups is 1. The van der Waals surface area contributed by atoms with Crippen molar-refractivity contribution in [3.8, 4) is 0 Å². The van der Waals surface area contributed by atoms with Gasteiger partial charge in [0.1, 0.15) is 5.69 Å². The first-order valence-electron chi connectivity index (χ1n) is 6.12. The number of methoxy groups -OCH3 is 1. The van der Waals surface area contributed by atoms with Crippen LogP contribution in [0.3, 0.4) is 0 Å². The first-order chi connectivity index (χ1) is 8.61. The summed E-state index contributed by atoms with van der Waals surface area (Å²) >= 11 is 0. The Morgan fingerprint density at radius 3 is 2.83 bits per heavy atom. The molecule has 0 radical (unpaired) electrons. The summed E-state index contributed by atoms with van der Waals surface area (Å²) in [5.41, 5.74) is 1.61. The van der Waals surface area contributed by atoms with Gasteiger partial charge in [0, 0.05) is 13.2 Å². The van der Waals surface area contributed by atoms with E-state index in [0.29, 0.717) is 18.2 Å². The van der Waals surface area contributed by atoms with E-state index in [2.05, 4.69) is 5.32 Å². The zero-order valence-electron chi connectivity index (χ0n) is 10.7. The second kappa shape index (κ2) is 5.35. The van der Waals surface area contributed by atoms with E-state index >= 15 is 0 Å². The first kappa shape index (κ1) is 12.8. The van der Waals surface area contributed by atoms with Crippen LogP contribution in [0.15, 0.2) is 18.2 Å². The lowest BCUT2D eigenvalue weighted by atomic mass is 10.1. The van der Waals surface area contributed by atoms with E-state index in [9.17, 15) is 10.1 Å². The normalized spacial score (nSPS) is 16.3. The van der Waals surface area contributed by atoms with Crippen LogP contribution in [0.1, 0.15) is 18.4 Å². The molecule has 18 heavy (non-hydrogen) atoms. The van der Waals surface area contributed by atoms with Gasteiger partial charge in [0.15, 0.2) is 0 Å². The molecular formula is C13H18N2O3. The lowest BCUT2D eigenvalue weighted by molar-refractivity contribution is -0.384. The molecule has 1 aromatic rings. The average Bonchev–Trinajstić information content (AvgIpc) is 3.14. The van der Waals surface area contributed by atoms with Gasteiger partial charge >= 0.3 is 0 Å². The highest BCUT2D eigenvalue weighted by molar-refractivity contribution is 5.63. The number of anilines is 1. The standard InChI is InChI=1S/C13H18N2O3/c1-9-3-6-11(13(7-9)15(16)17)14-12(8-18-2)10-4-5-10/h3,6-7,10,12,14H,4-5,8H2,1-2H3. The Morgan fingerprint density at radius 2 is 2.28 bits per heavy atom. The summed E-state index contributed by atoms with van der Waals surface area (Å²) in [6, 6.07) is 5.42. The summed E-state index contributed by atoms with van der Waals surface area (Å²) in [7, 11) is 1.65. The molecule has 98 valence electrons. The highest BCUT2D eigenvalue weighted by atomic mass is 16.6. The molecule has 1 N–H and O–H groups in total. The smallest absolute Gasteiger partial charge is 0.292 e. The number of rotatable bonds is 6. The second-order valence-electron chi connectivity index (χ2n) is 4.82. The van der Waals surface area contributed by atoms with Gasteiger partial charge in [-0.1, -0.05) is 6.07 Å². The summed E-state index contributed by atoms with van der Waals surface area (Å²) in [6.45, 7) is 2.43. The number of hydrogen-bond acceptors (Lipinski definition) is 4. The maximum absolute atomic E-state index is 11.0. The molecule has 5 nitrogen and oxygen atoms in total. The van der Waals surface area contributed by atoms with Gasteiger partial charge in [-0.3, -0.25) is 10.1 Å². The van der Waals surface area contributed by atoms with Gasteiger partial charge < -0.3 is 10.1 Å². The summed E-state index contributed by atoms with van der Waals surface area (Å²) in [6.07, 6.45) is 2.33. The van der Waals surface area contributed by atoms with E-state index in [1.165, 1.54) is 12.8 Å². The highest BCUT2D eigenvalue weighted by Crippen LogP contribution is 2.36. The van der Waals surface area contributed by atoms with Gasteiger partial charge in [-0.15, -0.1) is 0 Å². The van der Waals surface area contributed by atoms with Crippen molar-refractivity contribution in [2.75, 3.05) is 19.0 Å². The topological polar surface area (TPSA) is 64.4 Å². The monoisotopic (exact) mass is 250 g/mol. The molecule has 1 fully saturated rings. The van der Waals surface area contributed by atoms with Crippen LogP contribution < -0.4 is 5.32 Å². The minimum atomic E-state index is -0.341. The number of nitrogens with one attached hydrogen (secondary N) is 1. The Bertz CT molecular complexity index is 444. The van der Waals surface area contributed by atoms with E-state index in [1.807, 2.05) is 13.0 Å². The quantitative estimate of drug-likeness (QED) is 0.622. The summed E-state index contributed by atoms with van der Waals surface area (Å²) in [4.78, 5) is 10.7. The Balaban J connectivity index is 2.18. The molecule has 1 aliphatic carbocycles. The summed E-state index contributed by atoms with van der Waals surface area (Å²) in [5, 5.41) is 14.3. The first-order valence-corrected chi connectivity index (χ1v) is 6.12. The lowest BCUT2D eigenvalue weighted by Crippen LogP contribution is -2.27. The molecule has 0 spiro atoms. The molecule has 2 rings (SSSR count). The fourth-order valence-electron chi connectivity index (χ4n) is 2.09. The Kier molecular flexibility index (Phi) is 3.81. The van der Waals surface area contributed by atoms with Gasteiger partial charge in [0.05, 0.1) is 17.6 Å². The van der Waals surface area contributed by atoms with Gasteiger partial charge in [0.25, 0.3) is 5.69 Å². The number of nitro benzene ring substituents is 1. The molecule has 0 amide bonds. The summed E-state index contributed by atoms with van der Waals surface area (Å²) < 4.78 is 5.17. The molecule has 0 heterocycles. The van der Waals surface area contributed by atoms with Crippen molar-refractivity contribution in [2.45, 2.75) is 25.8 Å². The van der Waals surface area contributed by atoms with Gasteiger partial charge in [-0.25, -0.2) is 0 Å². The molecule has 0 aliphatic heterocycles. The van der Waals surface area contributed by atoms with Crippen molar-refractivity contribution < 1.29 is 9.66 Å². The fourth-order valence-corrected chi connectivity index (χ4v) is 2.09. The predicted molar refractivity (Wildman–Crippen MR) is 69.8 cm³/mol. The highest BCUT2D eigenvalue weighted by Gasteiger charge is 2.32. The van der Waals surface area contributed by atoms with E-state index in [-0.39, 0.29) is 16.7 Å². The van der Waals surface area contributed by atoms with Crippen molar-refractivity contribution >= 4 is 11.4 Å². The van der Waals surface area contributed by atoms with E-state index in [0.717, 1.165) is 5.56 Å². The van der Waals surface area contributed by atoms with Crippen molar-refractivity contribution in [3.63, 3.8) is 0 Å². The lowest BCUT2D eigenvalue weighted by Gasteiger charge is -2.18. The number of ether oxygens (including phenoxy) is 1. The van der Waals surface area contributed by atoms with Crippen LogP contribution >= 0.6 is 0 Å². The maximum atomic E-state index is 11.0. The van der Waals surface area contributed by atoms with Crippen LogP contribution in [0.2, 0.25) is 0 Å². The van der Waals surface area contributed by atoms with E-state index in [1.54, 1.807) is 19.2 Å². The number of hydrogen-bond donors (Lipinski definition) is 1. The largest absolute Gasteiger partial charge is 0.383 e. The third-order valence-corrected chi connectivity index (χ3v) is 3.23. The average molecular weight is 250 g/mol. The van der Waals surface area contributed by atoms with Crippen LogP contribution in [0.4, 0.5) is 11.4 Å². The minimum absolute atomic E-state index is 0.136. The Labute approximate surface area is 106 Å². The number of aryl methyl sites for hydroxylation is 1. The maximum Gasteiger partial charge on any atom is 0.292 e. The van der Waals surface area contributed by atoms with Crippen LogP contribution in [-0.4, -0.2) is 24.7 Å². The minimum Gasteiger partial charge on any atom is -0.383 e. The van der Waals surface area contributed by atoms with Gasteiger partial charge in [-0.2, -0.15) is 0 Å². The molecule has 5 heteroatoms. The predicted octanol–water partition coefficient (Wildman–Crippen LogP) is 2.74. The molecule has 0 bridgehead atoms. The molecule has 1 aliphatic rings. The second-order valence-corrected chi connectivity index (χ2v) is 4.82. The zero-order chi connectivity index (χ0) is 13.1. The van der Waals surface area contributed by atoms with Crippen LogP contribution in [0.5, 0.6) is 0 Å². The van der Waals surface area contributed by atoms with Crippen molar-refractivity contribution in [2.24, 2.45) is 5.92 Å². The Morgan fingerprint density at radius 1 is 1.56 bits per heavy atom.